The summed E-state index contributed by atoms with van der Waals surface area (Å²) in [4.78, 5) is 10.4. The number of fused-ring (bicyclic) bond motifs is 1. The maximum Gasteiger partial charge on any atom is 0.416 e. The maximum atomic E-state index is 14.5. The number of nitrogens with zero attached hydrogens (tertiary/aromatic N) is 1. The van der Waals surface area contributed by atoms with Gasteiger partial charge < -0.3 is 9.84 Å². The molecule has 1 heterocycles. The number of sulfonamides is 1. The van der Waals surface area contributed by atoms with Gasteiger partial charge in [0, 0.05) is 12.0 Å². The summed E-state index contributed by atoms with van der Waals surface area (Å²) in [6.07, 6.45) is -5.67. The SMILES string of the molecule is CC(CCC(=O)O)C1CN(S(=O)(=O)c2cccc(C(F)(F)F)c2)c2cc(-c3cc(F)ccc3F)ccc2O1. The van der Waals surface area contributed by atoms with Crippen molar-refractivity contribution in [3.8, 4) is 16.9 Å². The molecule has 1 aliphatic heterocycles. The second kappa shape index (κ2) is 10.2. The molecule has 0 amide bonds. The summed E-state index contributed by atoms with van der Waals surface area (Å²) in [6, 6.07) is 10.1. The topological polar surface area (TPSA) is 83.9 Å². The molecule has 0 aromatic heterocycles. The van der Waals surface area contributed by atoms with E-state index in [-0.39, 0.29) is 42.0 Å². The minimum absolute atomic E-state index is 0.0412. The zero-order valence-corrected chi connectivity index (χ0v) is 20.7. The molecule has 2 atom stereocenters. The summed E-state index contributed by atoms with van der Waals surface area (Å²) in [5, 5.41) is 9.02. The van der Waals surface area contributed by atoms with Crippen molar-refractivity contribution in [1.29, 1.82) is 0 Å². The highest BCUT2D eigenvalue weighted by atomic mass is 32.2. The summed E-state index contributed by atoms with van der Waals surface area (Å²) < 4.78 is 103. The van der Waals surface area contributed by atoms with Crippen LogP contribution in [0, 0.1) is 17.6 Å². The number of halogens is 5. The number of hydrogen-bond donors (Lipinski definition) is 1. The number of anilines is 1. The Balaban J connectivity index is 1.83. The van der Waals surface area contributed by atoms with E-state index >= 15 is 0 Å². The zero-order chi connectivity index (χ0) is 27.8. The van der Waals surface area contributed by atoms with Crippen LogP contribution in [0.25, 0.3) is 11.1 Å². The van der Waals surface area contributed by atoms with E-state index in [9.17, 15) is 35.2 Å². The first kappa shape index (κ1) is 27.4. The van der Waals surface area contributed by atoms with Crippen LogP contribution in [0.2, 0.25) is 0 Å². The number of aliphatic carboxylic acids is 1. The Bertz CT molecular complexity index is 1480. The fraction of sp³-hybridized carbons (Fsp3) is 0.269. The van der Waals surface area contributed by atoms with Gasteiger partial charge in [-0.05, 0) is 66.4 Å². The third-order valence-electron chi connectivity index (χ3n) is 6.29. The Morgan fingerprint density at radius 3 is 2.53 bits per heavy atom. The first-order valence-electron chi connectivity index (χ1n) is 11.5. The number of ether oxygens (including phenoxy) is 1. The van der Waals surface area contributed by atoms with Gasteiger partial charge in [-0.3, -0.25) is 9.10 Å². The van der Waals surface area contributed by atoms with Gasteiger partial charge in [-0.1, -0.05) is 19.1 Å². The van der Waals surface area contributed by atoms with Crippen LogP contribution < -0.4 is 9.04 Å². The number of alkyl halides is 3. The van der Waals surface area contributed by atoms with Crippen LogP contribution in [0.15, 0.2) is 65.6 Å². The highest BCUT2D eigenvalue weighted by molar-refractivity contribution is 7.92. The van der Waals surface area contributed by atoms with E-state index in [1.807, 2.05) is 0 Å². The summed E-state index contributed by atoms with van der Waals surface area (Å²) in [6.45, 7) is 1.33. The molecule has 0 bridgehead atoms. The molecule has 3 aromatic carbocycles. The molecule has 12 heteroatoms. The largest absolute Gasteiger partial charge is 0.486 e. The smallest absolute Gasteiger partial charge is 0.416 e. The van der Waals surface area contributed by atoms with E-state index in [0.717, 1.165) is 40.7 Å². The number of carboxylic acids is 1. The lowest BCUT2D eigenvalue weighted by Gasteiger charge is -2.38. The van der Waals surface area contributed by atoms with Crippen LogP contribution in [0.4, 0.5) is 27.6 Å². The van der Waals surface area contributed by atoms with E-state index in [0.29, 0.717) is 6.07 Å². The van der Waals surface area contributed by atoms with Gasteiger partial charge in [0.1, 0.15) is 23.5 Å². The van der Waals surface area contributed by atoms with Crippen LogP contribution in [0.5, 0.6) is 5.75 Å². The van der Waals surface area contributed by atoms with Gasteiger partial charge in [-0.25, -0.2) is 17.2 Å². The van der Waals surface area contributed by atoms with Gasteiger partial charge in [0.05, 0.1) is 22.7 Å². The van der Waals surface area contributed by atoms with Gasteiger partial charge in [-0.2, -0.15) is 13.2 Å². The third kappa shape index (κ3) is 5.59. The van der Waals surface area contributed by atoms with E-state index < -0.39 is 56.3 Å². The number of carbonyl (C=O) groups is 1. The summed E-state index contributed by atoms with van der Waals surface area (Å²) in [7, 11) is -4.60. The Morgan fingerprint density at radius 1 is 1.11 bits per heavy atom. The molecule has 4 rings (SSSR count). The number of benzene rings is 3. The van der Waals surface area contributed by atoms with Crippen LogP contribution >= 0.6 is 0 Å². The van der Waals surface area contributed by atoms with Crippen molar-refractivity contribution in [2.75, 3.05) is 10.8 Å². The fourth-order valence-electron chi connectivity index (χ4n) is 4.18. The average Bonchev–Trinajstić information content (AvgIpc) is 2.87. The summed E-state index contributed by atoms with van der Waals surface area (Å²) >= 11 is 0. The number of carboxylic acid groups (broad SMARTS) is 1. The second-order valence-electron chi connectivity index (χ2n) is 8.93. The molecule has 38 heavy (non-hydrogen) atoms. The molecule has 3 aromatic rings. The quantitative estimate of drug-likeness (QED) is 0.356. The molecule has 6 nitrogen and oxygen atoms in total. The van der Waals surface area contributed by atoms with Crippen LogP contribution in [0.3, 0.4) is 0 Å². The summed E-state index contributed by atoms with van der Waals surface area (Å²) in [5.41, 5.74) is -1.27. The molecule has 202 valence electrons. The second-order valence-corrected chi connectivity index (χ2v) is 10.8. The van der Waals surface area contributed by atoms with Crippen molar-refractivity contribution >= 4 is 21.7 Å². The Kier molecular flexibility index (Phi) is 7.37. The van der Waals surface area contributed by atoms with Crippen molar-refractivity contribution in [1.82, 2.24) is 0 Å². The Hall–Kier alpha value is -3.67. The molecule has 0 saturated heterocycles. The first-order chi connectivity index (χ1) is 17.8. The molecule has 0 aliphatic carbocycles. The van der Waals surface area contributed by atoms with Gasteiger partial charge >= 0.3 is 12.1 Å². The Morgan fingerprint density at radius 2 is 1.84 bits per heavy atom. The molecule has 2 unspecified atom stereocenters. The van der Waals surface area contributed by atoms with Crippen LogP contribution in [0.1, 0.15) is 25.3 Å². The molecule has 0 saturated carbocycles. The predicted octanol–water partition coefficient (Wildman–Crippen LogP) is 6.11. The van der Waals surface area contributed by atoms with E-state index in [1.165, 1.54) is 18.2 Å². The highest BCUT2D eigenvalue weighted by Gasteiger charge is 2.38. The number of rotatable bonds is 7. The van der Waals surface area contributed by atoms with Crippen molar-refractivity contribution in [3.63, 3.8) is 0 Å². The third-order valence-corrected chi connectivity index (χ3v) is 8.06. The molecule has 0 spiro atoms. The Labute approximate surface area is 215 Å². The molecular formula is C26H22F5NO5S. The molecular weight excluding hydrogens is 533 g/mol. The van der Waals surface area contributed by atoms with Crippen LogP contribution in [-0.4, -0.2) is 32.1 Å². The van der Waals surface area contributed by atoms with Gasteiger partial charge in [0.15, 0.2) is 0 Å². The van der Waals surface area contributed by atoms with Crippen LogP contribution in [-0.2, 0) is 21.0 Å². The molecule has 1 N–H and O–H groups in total. The van der Waals surface area contributed by atoms with Crippen molar-refractivity contribution in [2.45, 2.75) is 36.9 Å². The minimum Gasteiger partial charge on any atom is -0.486 e. The molecule has 0 fully saturated rings. The van der Waals surface area contributed by atoms with Crippen molar-refractivity contribution < 1.29 is 45.0 Å². The molecule has 0 radical (unpaired) electrons. The van der Waals surface area contributed by atoms with E-state index in [2.05, 4.69) is 0 Å². The highest BCUT2D eigenvalue weighted by Crippen LogP contribution is 2.42. The van der Waals surface area contributed by atoms with E-state index in [4.69, 9.17) is 9.84 Å². The van der Waals surface area contributed by atoms with Gasteiger partial charge in [-0.15, -0.1) is 0 Å². The van der Waals surface area contributed by atoms with Crippen molar-refractivity contribution in [2.24, 2.45) is 5.92 Å². The van der Waals surface area contributed by atoms with Crippen molar-refractivity contribution in [3.05, 3.63) is 77.9 Å². The molecule has 1 aliphatic rings. The van der Waals surface area contributed by atoms with Gasteiger partial charge in [0.25, 0.3) is 10.0 Å². The predicted molar refractivity (Wildman–Crippen MR) is 128 cm³/mol. The lowest BCUT2D eigenvalue weighted by atomic mass is 9.97. The summed E-state index contributed by atoms with van der Waals surface area (Å²) in [5.74, 6) is -2.95. The maximum absolute atomic E-state index is 14.5. The normalized spacial score (nSPS) is 16.5. The first-order valence-corrected chi connectivity index (χ1v) is 12.9. The number of hydrogen-bond acceptors (Lipinski definition) is 4. The van der Waals surface area contributed by atoms with Gasteiger partial charge in [0.2, 0.25) is 0 Å². The monoisotopic (exact) mass is 555 g/mol. The lowest BCUT2D eigenvalue weighted by molar-refractivity contribution is -0.138. The van der Waals surface area contributed by atoms with E-state index in [1.54, 1.807) is 6.92 Å². The standard InChI is InChI=1S/C26H22F5NO5S/c1-15(5-10-25(33)34)24-14-32(38(35,36)19-4-2-3-17(12-19)26(29,30)31)22-11-16(6-9-23(22)37-24)20-13-18(27)7-8-21(20)28/h2-4,6-9,11-13,15,24H,5,10,14H2,1H3,(H,33,34). The zero-order valence-electron chi connectivity index (χ0n) is 19.9. The average molecular weight is 556 g/mol. The lowest BCUT2D eigenvalue weighted by Crippen LogP contribution is -2.46. The minimum atomic E-state index is -4.79. The fourth-order valence-corrected chi connectivity index (χ4v) is 5.71.